The van der Waals surface area contributed by atoms with Gasteiger partial charge in [0.25, 0.3) is 0 Å². The molecule has 0 N–H and O–H groups in total. The Morgan fingerprint density at radius 3 is 2.43 bits per heavy atom. The molecule has 0 radical (unpaired) electrons. The molecule has 2 aromatic rings. The van der Waals surface area contributed by atoms with Crippen LogP contribution < -0.4 is 4.74 Å². The zero-order chi connectivity index (χ0) is 22.1. The number of alkyl halides is 3. The molecule has 8 heteroatoms. The Morgan fingerprint density at radius 2 is 1.80 bits per heavy atom. The van der Waals surface area contributed by atoms with Gasteiger partial charge in [0, 0.05) is 5.02 Å². The highest BCUT2D eigenvalue weighted by Gasteiger charge is 2.62. The molecule has 2 aromatic carbocycles. The van der Waals surface area contributed by atoms with Crippen molar-refractivity contribution in [2.75, 3.05) is 0 Å². The highest BCUT2D eigenvalue weighted by Crippen LogP contribution is 2.60. The molecular formula is C22H19Cl2F3O3. The quantitative estimate of drug-likeness (QED) is 0.431. The first-order valence-corrected chi connectivity index (χ1v) is 9.87. The summed E-state index contributed by atoms with van der Waals surface area (Å²) in [4.78, 5) is 12.4. The predicted octanol–water partition coefficient (Wildman–Crippen LogP) is 7.13. The van der Waals surface area contributed by atoms with Gasteiger partial charge in [0.2, 0.25) is 0 Å². The summed E-state index contributed by atoms with van der Waals surface area (Å²) in [5, 5.41) is -0.626. The molecular weight excluding hydrogens is 440 g/mol. The van der Waals surface area contributed by atoms with E-state index in [1.54, 1.807) is 62.4 Å². The molecule has 30 heavy (non-hydrogen) atoms. The molecule has 0 aliphatic heterocycles. The molecule has 0 aromatic heterocycles. The van der Waals surface area contributed by atoms with E-state index in [1.165, 1.54) is 0 Å². The van der Waals surface area contributed by atoms with Crippen LogP contribution in [0, 0.1) is 17.3 Å². The average molecular weight is 459 g/mol. The van der Waals surface area contributed by atoms with E-state index in [0.717, 1.165) is 6.08 Å². The van der Waals surface area contributed by atoms with Gasteiger partial charge in [0.05, 0.1) is 5.92 Å². The topological polar surface area (TPSA) is 35.5 Å². The second-order valence-corrected chi connectivity index (χ2v) is 8.49. The Hall–Kier alpha value is -2.18. The number of rotatable bonds is 6. The summed E-state index contributed by atoms with van der Waals surface area (Å²) >= 11 is 11.2. The molecule has 2 atom stereocenters. The third kappa shape index (κ3) is 5.29. The lowest BCUT2D eigenvalue weighted by Gasteiger charge is -2.09. The van der Waals surface area contributed by atoms with Crippen molar-refractivity contribution < 1.29 is 27.4 Å². The molecule has 0 heterocycles. The van der Waals surface area contributed by atoms with Gasteiger partial charge in [-0.1, -0.05) is 55.3 Å². The van der Waals surface area contributed by atoms with Crippen molar-refractivity contribution in [3.05, 3.63) is 70.2 Å². The molecule has 1 aliphatic rings. The van der Waals surface area contributed by atoms with Crippen LogP contribution in [0.25, 0.3) is 0 Å². The van der Waals surface area contributed by atoms with Crippen LogP contribution in [0.4, 0.5) is 13.2 Å². The number of esters is 1. The van der Waals surface area contributed by atoms with Crippen LogP contribution in [-0.2, 0) is 16.1 Å². The first-order valence-electron chi connectivity index (χ1n) is 9.12. The minimum atomic E-state index is -4.63. The number of hydrogen-bond donors (Lipinski definition) is 0. The molecule has 3 nitrogen and oxygen atoms in total. The fourth-order valence-electron chi connectivity index (χ4n) is 3.27. The number of carbonyl (C=O) groups is 1. The van der Waals surface area contributed by atoms with Crippen molar-refractivity contribution in [2.45, 2.75) is 26.6 Å². The van der Waals surface area contributed by atoms with Gasteiger partial charge in [-0.05, 0) is 53.3 Å². The zero-order valence-corrected chi connectivity index (χ0v) is 17.7. The number of carbonyl (C=O) groups excluding carboxylic acids is 1. The average Bonchev–Trinajstić information content (AvgIpc) is 3.21. The molecule has 1 saturated carbocycles. The van der Waals surface area contributed by atoms with Crippen LogP contribution in [0.1, 0.15) is 19.4 Å². The molecule has 0 spiro atoms. The van der Waals surface area contributed by atoms with Gasteiger partial charge in [-0.2, -0.15) is 13.2 Å². The monoisotopic (exact) mass is 458 g/mol. The first-order chi connectivity index (χ1) is 14.0. The minimum Gasteiger partial charge on any atom is -0.461 e. The van der Waals surface area contributed by atoms with E-state index >= 15 is 0 Å². The maximum Gasteiger partial charge on any atom is 0.426 e. The Balaban J connectivity index is 1.60. The van der Waals surface area contributed by atoms with Gasteiger partial charge in [0.15, 0.2) is 0 Å². The zero-order valence-electron chi connectivity index (χ0n) is 16.2. The van der Waals surface area contributed by atoms with Gasteiger partial charge in [-0.25, -0.2) is 0 Å². The summed E-state index contributed by atoms with van der Waals surface area (Å²) in [5.74, 6) is -0.711. The van der Waals surface area contributed by atoms with Crippen molar-refractivity contribution in [1.82, 2.24) is 0 Å². The van der Waals surface area contributed by atoms with Crippen LogP contribution in [0.2, 0.25) is 5.02 Å². The molecule has 1 fully saturated rings. The largest absolute Gasteiger partial charge is 0.461 e. The van der Waals surface area contributed by atoms with Gasteiger partial charge >= 0.3 is 12.1 Å². The summed E-state index contributed by atoms with van der Waals surface area (Å²) in [6.07, 6.45) is -3.73. The third-order valence-electron chi connectivity index (χ3n) is 5.09. The van der Waals surface area contributed by atoms with Crippen LogP contribution in [0.3, 0.4) is 0 Å². The fourth-order valence-corrected chi connectivity index (χ4v) is 3.53. The van der Waals surface area contributed by atoms with Gasteiger partial charge in [-0.3, -0.25) is 4.79 Å². The van der Waals surface area contributed by atoms with Crippen LogP contribution in [-0.4, -0.2) is 12.1 Å². The normalized spacial score (nSPS) is 20.6. The molecule has 0 unspecified atom stereocenters. The van der Waals surface area contributed by atoms with Crippen molar-refractivity contribution >= 4 is 29.2 Å². The Kier molecular flexibility index (Phi) is 6.39. The molecule has 1 aliphatic carbocycles. The van der Waals surface area contributed by atoms with Gasteiger partial charge in [-0.15, -0.1) is 0 Å². The smallest absolute Gasteiger partial charge is 0.426 e. The molecule has 0 bridgehead atoms. The summed E-state index contributed by atoms with van der Waals surface area (Å²) in [7, 11) is 0. The molecule has 160 valence electrons. The van der Waals surface area contributed by atoms with Crippen LogP contribution >= 0.6 is 23.2 Å². The highest BCUT2D eigenvalue weighted by molar-refractivity contribution is 6.30. The van der Waals surface area contributed by atoms with E-state index in [2.05, 4.69) is 0 Å². The maximum absolute atomic E-state index is 12.7. The Morgan fingerprint density at radius 1 is 1.13 bits per heavy atom. The summed E-state index contributed by atoms with van der Waals surface area (Å²) in [6.45, 7) is 3.40. The fraction of sp³-hybridized carbons (Fsp3) is 0.318. The summed E-state index contributed by atoms with van der Waals surface area (Å²) in [6, 6.07) is 13.9. The van der Waals surface area contributed by atoms with Crippen molar-refractivity contribution in [3.8, 4) is 11.5 Å². The highest BCUT2D eigenvalue weighted by atomic mass is 35.5. The molecule has 0 amide bonds. The minimum absolute atomic E-state index is 0.0212. The molecule has 0 saturated heterocycles. The second-order valence-electron chi connectivity index (χ2n) is 7.65. The maximum atomic E-state index is 12.7. The third-order valence-corrected chi connectivity index (χ3v) is 5.68. The van der Waals surface area contributed by atoms with Gasteiger partial charge in [0.1, 0.15) is 23.1 Å². The SMILES string of the molecule is CC1(C)[C@H](/C=C(\Cl)C(F)(F)F)[C@@H]1C(=O)OCc1cccc(Oc2ccc(Cl)cc2)c1. The Bertz CT molecular complexity index is 953. The summed E-state index contributed by atoms with van der Waals surface area (Å²) < 4.78 is 49.1. The number of benzene rings is 2. The van der Waals surface area contributed by atoms with E-state index in [1.807, 2.05) is 0 Å². The van der Waals surface area contributed by atoms with Crippen LogP contribution in [0.5, 0.6) is 11.5 Å². The van der Waals surface area contributed by atoms with E-state index in [-0.39, 0.29) is 6.61 Å². The van der Waals surface area contributed by atoms with E-state index < -0.39 is 34.4 Å². The van der Waals surface area contributed by atoms with Crippen molar-refractivity contribution in [3.63, 3.8) is 0 Å². The predicted molar refractivity (Wildman–Crippen MR) is 109 cm³/mol. The van der Waals surface area contributed by atoms with Crippen molar-refractivity contribution in [1.29, 1.82) is 0 Å². The number of ether oxygens (including phenoxy) is 2. The summed E-state index contributed by atoms with van der Waals surface area (Å²) in [5.41, 5.74) is 0.0378. The Labute approximate surface area is 182 Å². The number of hydrogen-bond acceptors (Lipinski definition) is 3. The first kappa shape index (κ1) is 22.5. The number of allylic oxidation sites excluding steroid dienone is 2. The van der Waals surface area contributed by atoms with E-state index in [0.29, 0.717) is 22.1 Å². The van der Waals surface area contributed by atoms with E-state index in [4.69, 9.17) is 32.7 Å². The lowest BCUT2D eigenvalue weighted by atomic mass is 10.1. The molecule has 3 rings (SSSR count). The second kappa shape index (κ2) is 8.52. The standard InChI is InChI=1S/C22H19Cl2F3O3/c1-21(2)17(11-18(24)22(25,26)27)19(21)20(28)29-12-13-4-3-5-16(10-13)30-15-8-6-14(23)7-9-15/h3-11,17,19H,12H2,1-2H3/b18-11-/t17-,19-/m1/s1. The van der Waals surface area contributed by atoms with E-state index in [9.17, 15) is 18.0 Å². The van der Waals surface area contributed by atoms with Crippen LogP contribution in [0.15, 0.2) is 59.6 Å². The lowest BCUT2D eigenvalue weighted by molar-refractivity contribution is -0.147. The lowest BCUT2D eigenvalue weighted by Crippen LogP contribution is -2.11. The van der Waals surface area contributed by atoms with Crippen molar-refractivity contribution in [2.24, 2.45) is 17.3 Å². The number of halogens is 5. The van der Waals surface area contributed by atoms with Gasteiger partial charge < -0.3 is 9.47 Å².